The molecular weight excluding hydrogens is 514 g/mol. The van der Waals surface area contributed by atoms with Crippen LogP contribution in [0.4, 0.5) is 21.9 Å². The fraction of sp³-hybridized carbons (Fsp3) is 0.133. The molecule has 0 saturated heterocycles. The van der Waals surface area contributed by atoms with E-state index in [2.05, 4.69) is 10.6 Å². The minimum atomic E-state index is -1.00. The van der Waals surface area contributed by atoms with E-state index in [0.717, 1.165) is 0 Å². The van der Waals surface area contributed by atoms with Crippen molar-refractivity contribution in [1.82, 2.24) is 0 Å². The van der Waals surface area contributed by atoms with Gasteiger partial charge in [0.25, 0.3) is 0 Å². The number of rotatable bonds is 8. The van der Waals surface area contributed by atoms with Crippen molar-refractivity contribution < 1.29 is 33.6 Å². The Hall–Kier alpha value is -5.22. The van der Waals surface area contributed by atoms with Crippen LogP contribution in [0.15, 0.2) is 91.0 Å². The van der Waals surface area contributed by atoms with Crippen molar-refractivity contribution >= 4 is 39.8 Å². The van der Waals surface area contributed by atoms with Crippen LogP contribution in [0.2, 0.25) is 0 Å². The van der Waals surface area contributed by atoms with Crippen LogP contribution >= 0.6 is 0 Å². The minimum Gasteiger partial charge on any atom is -0.507 e. The highest BCUT2D eigenvalue weighted by atomic mass is 16.7. The van der Waals surface area contributed by atoms with Gasteiger partial charge in [0.2, 0.25) is 12.7 Å². The number of para-hydroxylation sites is 2. The Bertz CT molecular complexity index is 1590. The number of phenolic OH excluding ortho intramolecular Hbond substituents is 1. The Labute approximate surface area is 229 Å². The molecule has 2 atom stereocenters. The number of fused-ring (bicyclic) bond motifs is 2. The molecule has 0 bridgehead atoms. The van der Waals surface area contributed by atoms with E-state index >= 15 is 0 Å². The highest BCUT2D eigenvalue weighted by Gasteiger charge is 2.28. The summed E-state index contributed by atoms with van der Waals surface area (Å²) in [5.74, 6) is 0.709. The molecule has 0 radical (unpaired) electrons. The summed E-state index contributed by atoms with van der Waals surface area (Å²) in [5, 5.41) is 17.1. The molecule has 1 heterocycles. The summed E-state index contributed by atoms with van der Waals surface area (Å²) in [4.78, 5) is 25.8. The van der Waals surface area contributed by atoms with Crippen molar-refractivity contribution in [3.8, 4) is 17.2 Å². The van der Waals surface area contributed by atoms with Gasteiger partial charge in [-0.25, -0.2) is 4.79 Å². The predicted octanol–water partition coefficient (Wildman–Crippen LogP) is 5.36. The number of ether oxygens (including phenoxy) is 4. The van der Waals surface area contributed by atoms with E-state index in [1.807, 2.05) is 6.07 Å². The highest BCUT2D eigenvalue weighted by molar-refractivity contribution is 6.01. The molecular formula is C30H27N3O7. The van der Waals surface area contributed by atoms with Crippen LogP contribution in [0.1, 0.15) is 11.7 Å². The summed E-state index contributed by atoms with van der Waals surface area (Å²) in [6.45, 7) is 0.103. The summed E-state index contributed by atoms with van der Waals surface area (Å²) in [6.07, 6.45) is 0.131. The van der Waals surface area contributed by atoms with E-state index < -0.39 is 24.2 Å². The fourth-order valence-corrected chi connectivity index (χ4v) is 4.37. The first kappa shape index (κ1) is 26.4. The number of nitrogens with two attached hydrogens (primary N) is 1. The van der Waals surface area contributed by atoms with Gasteiger partial charge in [0, 0.05) is 35.9 Å². The van der Waals surface area contributed by atoms with Crippen LogP contribution in [0, 0.1) is 0 Å². The smallest absolute Gasteiger partial charge is 0.412 e. The lowest BCUT2D eigenvalue weighted by molar-refractivity contribution is -0.112. The molecule has 0 aromatic heterocycles. The van der Waals surface area contributed by atoms with Gasteiger partial charge in [-0.2, -0.15) is 0 Å². The molecule has 5 rings (SSSR count). The number of hydrogen-bond donors (Lipinski definition) is 4. The van der Waals surface area contributed by atoms with Gasteiger partial charge in [-0.15, -0.1) is 0 Å². The number of carbonyl (C=O) groups excluding carboxylic acids is 2. The van der Waals surface area contributed by atoms with Crippen LogP contribution < -0.4 is 25.8 Å². The van der Waals surface area contributed by atoms with E-state index in [0.29, 0.717) is 44.9 Å². The van der Waals surface area contributed by atoms with Gasteiger partial charge in [-0.3, -0.25) is 10.1 Å². The first-order valence-electron chi connectivity index (χ1n) is 12.4. The first-order chi connectivity index (χ1) is 19.4. The van der Waals surface area contributed by atoms with Crippen LogP contribution in [-0.2, 0) is 14.3 Å². The van der Waals surface area contributed by atoms with Crippen LogP contribution in [0.25, 0.3) is 10.8 Å². The van der Waals surface area contributed by atoms with E-state index in [1.54, 1.807) is 66.7 Å². The molecule has 204 valence electrons. The Morgan fingerprint density at radius 2 is 1.70 bits per heavy atom. The topological polar surface area (TPSA) is 141 Å². The standard InChI is InChI=1S/C30H27N3O7/c1-37-26(14-15-28(35)33-23-9-5-4-8-22(23)31)29(21-11-12-24(34)20-7-3-2-6-19(20)21)40-30(36)32-18-10-13-25-27(16-18)39-17-38-25/h2-16,26,29,34H,17,31H2,1H3,(H,32,36)(H,33,35)/b15-14+/t26-,29-/m0/s1. The molecule has 5 N–H and O–H groups in total. The van der Waals surface area contributed by atoms with Gasteiger partial charge in [-0.05, 0) is 41.8 Å². The van der Waals surface area contributed by atoms with Gasteiger partial charge in [0.1, 0.15) is 11.9 Å². The van der Waals surface area contributed by atoms with E-state index in [1.165, 1.54) is 25.3 Å². The molecule has 4 aromatic carbocycles. The van der Waals surface area contributed by atoms with Crippen LogP contribution in [-0.4, -0.2) is 37.1 Å². The number of aromatic hydroxyl groups is 1. The zero-order valence-corrected chi connectivity index (χ0v) is 21.5. The lowest BCUT2D eigenvalue weighted by Crippen LogP contribution is -2.27. The van der Waals surface area contributed by atoms with Crippen molar-refractivity contribution in [1.29, 1.82) is 0 Å². The second-order valence-corrected chi connectivity index (χ2v) is 8.87. The molecule has 0 unspecified atom stereocenters. The maximum absolute atomic E-state index is 13.1. The Kier molecular flexibility index (Phi) is 7.70. The third-order valence-corrected chi connectivity index (χ3v) is 6.32. The van der Waals surface area contributed by atoms with Crippen LogP contribution in [0.3, 0.4) is 0 Å². The zero-order valence-electron chi connectivity index (χ0n) is 21.5. The van der Waals surface area contributed by atoms with E-state index in [-0.39, 0.29) is 12.5 Å². The number of amides is 2. The van der Waals surface area contributed by atoms with Crippen LogP contribution in [0.5, 0.6) is 17.2 Å². The van der Waals surface area contributed by atoms with Crippen molar-refractivity contribution in [3.63, 3.8) is 0 Å². The molecule has 0 saturated carbocycles. The second-order valence-electron chi connectivity index (χ2n) is 8.87. The van der Waals surface area contributed by atoms with E-state index in [9.17, 15) is 14.7 Å². The molecule has 10 nitrogen and oxygen atoms in total. The van der Waals surface area contributed by atoms with Gasteiger partial charge in [0.05, 0.1) is 11.4 Å². The Morgan fingerprint density at radius 3 is 2.50 bits per heavy atom. The van der Waals surface area contributed by atoms with E-state index in [4.69, 9.17) is 24.7 Å². The minimum absolute atomic E-state index is 0.0762. The molecule has 2 amide bonds. The maximum atomic E-state index is 13.1. The third-order valence-electron chi connectivity index (χ3n) is 6.32. The first-order valence-corrected chi connectivity index (χ1v) is 12.4. The summed E-state index contributed by atoms with van der Waals surface area (Å²) in [5.41, 5.74) is 7.82. The van der Waals surface area contributed by atoms with Gasteiger partial charge in [0.15, 0.2) is 17.6 Å². The number of hydrogen-bond acceptors (Lipinski definition) is 8. The molecule has 0 fully saturated rings. The number of carbonyl (C=O) groups is 2. The Balaban J connectivity index is 1.43. The summed E-state index contributed by atoms with van der Waals surface area (Å²) >= 11 is 0. The molecule has 4 aromatic rings. The molecule has 1 aliphatic rings. The maximum Gasteiger partial charge on any atom is 0.412 e. The molecule has 10 heteroatoms. The average Bonchev–Trinajstić information content (AvgIpc) is 3.42. The highest BCUT2D eigenvalue weighted by Crippen LogP contribution is 2.36. The molecule has 1 aliphatic heterocycles. The number of nitrogen functional groups attached to an aromatic ring is 1. The van der Waals surface area contributed by atoms with Gasteiger partial charge < -0.3 is 35.1 Å². The Morgan fingerprint density at radius 1 is 0.950 bits per heavy atom. The lowest BCUT2D eigenvalue weighted by Gasteiger charge is -2.26. The SMILES string of the molecule is CO[C@@H](/C=C/C(=O)Nc1ccccc1N)[C@@H](OC(=O)Nc1ccc2c(c1)OCO2)c1ccc(O)c2ccccc12. The largest absolute Gasteiger partial charge is 0.507 e. The monoisotopic (exact) mass is 541 g/mol. The molecule has 0 aliphatic carbocycles. The molecule has 0 spiro atoms. The normalized spacial score (nSPS) is 13.6. The average molecular weight is 542 g/mol. The number of nitrogens with one attached hydrogen (secondary N) is 2. The fourth-order valence-electron chi connectivity index (χ4n) is 4.37. The second kappa shape index (κ2) is 11.7. The number of anilines is 3. The number of benzene rings is 4. The van der Waals surface area contributed by atoms with Gasteiger partial charge in [-0.1, -0.05) is 42.5 Å². The summed E-state index contributed by atoms with van der Waals surface area (Å²) in [6, 6.07) is 22.2. The number of phenols is 1. The van der Waals surface area contributed by atoms with Crippen molar-refractivity contribution in [2.24, 2.45) is 0 Å². The molecule has 40 heavy (non-hydrogen) atoms. The van der Waals surface area contributed by atoms with Crippen molar-refractivity contribution in [2.75, 3.05) is 30.3 Å². The quantitative estimate of drug-likeness (QED) is 0.173. The number of methoxy groups -OCH3 is 1. The summed E-state index contributed by atoms with van der Waals surface area (Å²) < 4.78 is 22.3. The zero-order chi connectivity index (χ0) is 28.1. The predicted molar refractivity (Wildman–Crippen MR) is 150 cm³/mol. The van der Waals surface area contributed by atoms with Gasteiger partial charge >= 0.3 is 6.09 Å². The summed E-state index contributed by atoms with van der Waals surface area (Å²) in [7, 11) is 1.44. The van der Waals surface area contributed by atoms with Crippen molar-refractivity contribution in [2.45, 2.75) is 12.2 Å². The lowest BCUT2D eigenvalue weighted by atomic mass is 9.96. The van der Waals surface area contributed by atoms with Crippen molar-refractivity contribution in [3.05, 3.63) is 96.6 Å². The third kappa shape index (κ3) is 5.77.